The summed E-state index contributed by atoms with van der Waals surface area (Å²) in [7, 11) is 0. The van der Waals surface area contributed by atoms with Gasteiger partial charge in [-0.05, 0) is 58.0 Å². The molecule has 2 heterocycles. The van der Waals surface area contributed by atoms with Crippen LogP contribution in [0.3, 0.4) is 0 Å². The second kappa shape index (κ2) is 8.91. The average molecular weight is 417 g/mol. The van der Waals surface area contributed by atoms with Crippen molar-refractivity contribution in [2.75, 3.05) is 37.6 Å². The van der Waals surface area contributed by atoms with E-state index in [0.717, 1.165) is 30.2 Å². The molecule has 7 heteroatoms. The lowest BCUT2D eigenvalue weighted by atomic mass is 10.2. The van der Waals surface area contributed by atoms with Gasteiger partial charge in [0.2, 0.25) is 5.91 Å². The van der Waals surface area contributed by atoms with Crippen molar-refractivity contribution in [2.24, 2.45) is 0 Å². The predicted octanol–water partition coefficient (Wildman–Crippen LogP) is 3.42. The molecule has 3 rings (SSSR count). The molecule has 0 radical (unpaired) electrons. The number of carbonyl (C=O) groups is 2. The smallest absolute Gasteiger partial charge is 0.253 e. The minimum Gasteiger partial charge on any atom is -0.368 e. The number of halogens is 1. The van der Waals surface area contributed by atoms with Crippen LogP contribution in [0.25, 0.3) is 0 Å². The fourth-order valence-electron chi connectivity index (χ4n) is 4.03. The van der Waals surface area contributed by atoms with Crippen LogP contribution in [0.5, 0.6) is 0 Å². The molecule has 0 aliphatic carbocycles. The summed E-state index contributed by atoms with van der Waals surface area (Å²) >= 11 is 5.95. The molecule has 1 saturated heterocycles. The minimum atomic E-state index is -0.196. The highest BCUT2D eigenvalue weighted by Crippen LogP contribution is 2.21. The van der Waals surface area contributed by atoms with E-state index in [1.54, 1.807) is 0 Å². The Bertz CT molecular complexity index is 881. The molecule has 1 fully saturated rings. The summed E-state index contributed by atoms with van der Waals surface area (Å²) < 4.78 is 2.13. The summed E-state index contributed by atoms with van der Waals surface area (Å²) in [6, 6.07) is 9.91. The van der Waals surface area contributed by atoms with Gasteiger partial charge in [0.15, 0.2) is 0 Å². The number of benzene rings is 1. The van der Waals surface area contributed by atoms with Gasteiger partial charge in [-0.25, -0.2) is 0 Å². The number of amides is 2. The van der Waals surface area contributed by atoms with Crippen molar-refractivity contribution in [3.63, 3.8) is 0 Å². The number of aryl methyl sites for hydroxylation is 1. The fraction of sp³-hybridized carbons (Fsp3) is 0.455. The van der Waals surface area contributed by atoms with E-state index in [1.807, 2.05) is 49.1 Å². The van der Waals surface area contributed by atoms with E-state index >= 15 is 0 Å². The number of rotatable bonds is 5. The van der Waals surface area contributed by atoms with Gasteiger partial charge >= 0.3 is 0 Å². The average Bonchev–Trinajstić information content (AvgIpc) is 3.01. The Labute approximate surface area is 177 Å². The van der Waals surface area contributed by atoms with E-state index in [1.165, 1.54) is 0 Å². The molecule has 0 unspecified atom stereocenters. The molecule has 1 aliphatic heterocycles. The molecular weight excluding hydrogens is 388 g/mol. The largest absolute Gasteiger partial charge is 0.368 e. The van der Waals surface area contributed by atoms with Crippen molar-refractivity contribution >= 4 is 29.1 Å². The van der Waals surface area contributed by atoms with Crippen molar-refractivity contribution in [2.45, 2.75) is 33.7 Å². The summed E-state index contributed by atoms with van der Waals surface area (Å²) in [4.78, 5) is 29.2. The molecular formula is C22H29ClN4O2. The first-order valence-corrected chi connectivity index (χ1v) is 10.4. The molecule has 0 atom stereocenters. The van der Waals surface area contributed by atoms with Crippen molar-refractivity contribution in [1.29, 1.82) is 0 Å². The Morgan fingerprint density at radius 3 is 2.24 bits per heavy atom. The van der Waals surface area contributed by atoms with Crippen LogP contribution in [0.1, 0.15) is 41.6 Å². The second-order valence-corrected chi connectivity index (χ2v) is 8.21. The molecule has 2 aromatic rings. The van der Waals surface area contributed by atoms with Gasteiger partial charge in [-0.15, -0.1) is 0 Å². The lowest BCUT2D eigenvalue weighted by Crippen LogP contribution is -2.51. The van der Waals surface area contributed by atoms with Crippen molar-refractivity contribution in [1.82, 2.24) is 14.8 Å². The van der Waals surface area contributed by atoms with E-state index < -0.39 is 0 Å². The zero-order valence-corrected chi connectivity index (χ0v) is 18.3. The summed E-state index contributed by atoms with van der Waals surface area (Å²) in [6.07, 6.45) is 0. The maximum atomic E-state index is 12.6. The van der Waals surface area contributed by atoms with E-state index in [0.29, 0.717) is 23.7 Å². The van der Waals surface area contributed by atoms with Gasteiger partial charge in [-0.1, -0.05) is 11.6 Å². The first-order chi connectivity index (χ1) is 13.8. The quantitative estimate of drug-likeness (QED) is 0.812. The summed E-state index contributed by atoms with van der Waals surface area (Å²) in [5.41, 5.74) is 3.72. The number of carbonyl (C=O) groups excluding carboxylic acids is 2. The highest BCUT2D eigenvalue weighted by Gasteiger charge is 2.23. The van der Waals surface area contributed by atoms with Gasteiger partial charge in [0, 0.05) is 54.3 Å². The maximum Gasteiger partial charge on any atom is 0.253 e. The van der Waals surface area contributed by atoms with Crippen LogP contribution in [0.4, 0.5) is 5.69 Å². The van der Waals surface area contributed by atoms with Crippen molar-refractivity contribution < 1.29 is 9.59 Å². The number of nitrogens with one attached hydrogen (secondary N) is 1. The summed E-state index contributed by atoms with van der Waals surface area (Å²) in [5, 5.41) is 3.51. The van der Waals surface area contributed by atoms with Crippen LogP contribution >= 0.6 is 11.6 Å². The highest BCUT2D eigenvalue weighted by atomic mass is 35.5. The SMILES string of the molecule is Cc1cc(C(=O)NCC(=O)N2CCN(c3ccc(Cl)cc3)CC2)c(C)n1C(C)C. The van der Waals surface area contributed by atoms with Gasteiger partial charge in [0.1, 0.15) is 0 Å². The molecule has 29 heavy (non-hydrogen) atoms. The van der Waals surface area contributed by atoms with Gasteiger partial charge in [0.05, 0.1) is 12.1 Å². The van der Waals surface area contributed by atoms with Crippen LogP contribution in [-0.4, -0.2) is 54.0 Å². The Balaban J connectivity index is 1.52. The second-order valence-electron chi connectivity index (χ2n) is 7.78. The molecule has 6 nitrogen and oxygen atoms in total. The van der Waals surface area contributed by atoms with Crippen LogP contribution in [0, 0.1) is 13.8 Å². The van der Waals surface area contributed by atoms with Crippen molar-refractivity contribution in [3.8, 4) is 0 Å². The van der Waals surface area contributed by atoms with E-state index in [2.05, 4.69) is 28.6 Å². The predicted molar refractivity (Wildman–Crippen MR) is 117 cm³/mol. The lowest BCUT2D eigenvalue weighted by molar-refractivity contribution is -0.130. The molecule has 1 aromatic heterocycles. The third-order valence-corrected chi connectivity index (χ3v) is 5.72. The number of anilines is 1. The number of piperazine rings is 1. The first-order valence-electron chi connectivity index (χ1n) is 10.0. The zero-order valence-electron chi connectivity index (χ0n) is 17.5. The number of hydrogen-bond acceptors (Lipinski definition) is 3. The topological polar surface area (TPSA) is 57.6 Å². The molecule has 1 aliphatic rings. The fourth-order valence-corrected chi connectivity index (χ4v) is 4.16. The molecule has 1 aromatic carbocycles. The Hall–Kier alpha value is -2.47. The Kier molecular flexibility index (Phi) is 6.52. The highest BCUT2D eigenvalue weighted by molar-refractivity contribution is 6.30. The van der Waals surface area contributed by atoms with Crippen LogP contribution in [-0.2, 0) is 4.79 Å². The number of aromatic nitrogens is 1. The monoisotopic (exact) mass is 416 g/mol. The van der Waals surface area contributed by atoms with E-state index in [-0.39, 0.29) is 24.4 Å². The standard InChI is InChI=1S/C22H29ClN4O2/c1-15(2)27-16(3)13-20(17(27)4)22(29)24-14-21(28)26-11-9-25(10-12-26)19-7-5-18(23)6-8-19/h5-8,13,15H,9-12,14H2,1-4H3,(H,24,29). The minimum absolute atomic E-state index is 0.0190. The molecule has 0 saturated carbocycles. The van der Waals surface area contributed by atoms with E-state index in [4.69, 9.17) is 11.6 Å². The Morgan fingerprint density at radius 2 is 1.69 bits per heavy atom. The third-order valence-electron chi connectivity index (χ3n) is 5.47. The number of hydrogen-bond donors (Lipinski definition) is 1. The van der Waals surface area contributed by atoms with Crippen LogP contribution in [0.15, 0.2) is 30.3 Å². The van der Waals surface area contributed by atoms with Gasteiger partial charge in [-0.3, -0.25) is 9.59 Å². The third kappa shape index (κ3) is 4.75. The van der Waals surface area contributed by atoms with Crippen LogP contribution in [0.2, 0.25) is 5.02 Å². The normalized spacial score (nSPS) is 14.4. The molecule has 156 valence electrons. The van der Waals surface area contributed by atoms with Crippen LogP contribution < -0.4 is 10.2 Å². The summed E-state index contributed by atoms with van der Waals surface area (Å²) in [5.74, 6) is -0.245. The van der Waals surface area contributed by atoms with Gasteiger partial charge in [-0.2, -0.15) is 0 Å². The van der Waals surface area contributed by atoms with Gasteiger partial charge < -0.3 is 19.7 Å². The molecule has 1 N–H and O–H groups in total. The van der Waals surface area contributed by atoms with Gasteiger partial charge in [0.25, 0.3) is 5.91 Å². The van der Waals surface area contributed by atoms with E-state index in [9.17, 15) is 9.59 Å². The first kappa shape index (κ1) is 21.2. The maximum absolute atomic E-state index is 12.6. The summed E-state index contributed by atoms with van der Waals surface area (Å²) in [6.45, 7) is 10.9. The Morgan fingerprint density at radius 1 is 1.07 bits per heavy atom. The number of nitrogens with zero attached hydrogens (tertiary/aromatic N) is 3. The zero-order chi connectivity index (χ0) is 21.1. The van der Waals surface area contributed by atoms with Crippen molar-refractivity contribution in [3.05, 3.63) is 52.3 Å². The molecule has 2 amide bonds. The molecule has 0 spiro atoms. The molecule has 0 bridgehead atoms. The lowest BCUT2D eigenvalue weighted by Gasteiger charge is -2.36.